The molecule has 0 aromatic heterocycles. The van der Waals surface area contributed by atoms with Crippen LogP contribution in [0.3, 0.4) is 0 Å². The van der Waals surface area contributed by atoms with Gasteiger partial charge in [-0.05, 0) is 91.8 Å². The Hall–Kier alpha value is -3.35. The van der Waals surface area contributed by atoms with E-state index in [1.54, 1.807) is 25.1 Å². The van der Waals surface area contributed by atoms with E-state index in [-0.39, 0.29) is 36.0 Å². The summed E-state index contributed by atoms with van der Waals surface area (Å²) in [6.07, 6.45) is 7.91. The van der Waals surface area contributed by atoms with Crippen LogP contribution in [0.5, 0.6) is 11.5 Å². The van der Waals surface area contributed by atoms with Crippen molar-refractivity contribution in [3.8, 4) is 11.5 Å². The van der Waals surface area contributed by atoms with Gasteiger partial charge in [-0.2, -0.15) is 8.78 Å². The molecule has 1 aliphatic rings. The summed E-state index contributed by atoms with van der Waals surface area (Å²) in [5.41, 5.74) is 2.46. The van der Waals surface area contributed by atoms with Crippen molar-refractivity contribution in [1.29, 1.82) is 0 Å². The van der Waals surface area contributed by atoms with Gasteiger partial charge in [0.05, 0.1) is 13.2 Å². The predicted molar refractivity (Wildman–Crippen MR) is 152 cm³/mol. The number of aryl methyl sites for hydroxylation is 2. The van der Waals surface area contributed by atoms with E-state index in [1.807, 2.05) is 6.08 Å². The zero-order valence-electron chi connectivity index (χ0n) is 23.7. The largest absolute Gasteiger partial charge is 0.491 e. The molecule has 0 aliphatic heterocycles. The molecular formula is C34H37F5O2. The zero-order chi connectivity index (χ0) is 29.4. The number of unbranched alkanes of at least 4 members (excludes halogenated alkanes) is 3. The maximum atomic E-state index is 15.1. The Kier molecular flexibility index (Phi) is 10.8. The van der Waals surface area contributed by atoms with E-state index in [2.05, 4.69) is 6.92 Å². The zero-order valence-corrected chi connectivity index (χ0v) is 23.7. The Labute approximate surface area is 239 Å². The summed E-state index contributed by atoms with van der Waals surface area (Å²) in [6.45, 7) is 4.39. The Morgan fingerprint density at radius 1 is 0.756 bits per heavy atom. The van der Waals surface area contributed by atoms with Crippen LogP contribution < -0.4 is 9.47 Å². The lowest BCUT2D eigenvalue weighted by atomic mass is 9.82. The first-order valence-electron chi connectivity index (χ1n) is 14.5. The molecule has 0 saturated heterocycles. The van der Waals surface area contributed by atoms with Gasteiger partial charge in [0, 0.05) is 5.56 Å². The summed E-state index contributed by atoms with van der Waals surface area (Å²) in [7, 11) is 0. The summed E-state index contributed by atoms with van der Waals surface area (Å²) < 4.78 is 83.8. The molecule has 1 aliphatic carbocycles. The van der Waals surface area contributed by atoms with Gasteiger partial charge >= 0.3 is 0 Å². The van der Waals surface area contributed by atoms with Crippen molar-refractivity contribution < 1.29 is 31.4 Å². The van der Waals surface area contributed by atoms with Gasteiger partial charge in [0.15, 0.2) is 23.1 Å². The number of halogens is 5. The molecule has 220 valence electrons. The molecule has 1 atom stereocenters. The van der Waals surface area contributed by atoms with Gasteiger partial charge in [-0.15, -0.1) is 0 Å². The summed E-state index contributed by atoms with van der Waals surface area (Å²) >= 11 is 0. The predicted octanol–water partition coefficient (Wildman–Crippen LogP) is 9.88. The van der Waals surface area contributed by atoms with Crippen molar-refractivity contribution in [2.45, 2.75) is 77.6 Å². The van der Waals surface area contributed by atoms with Gasteiger partial charge in [-0.1, -0.05) is 56.5 Å². The number of hydrogen-bond donors (Lipinski definition) is 0. The number of ether oxygens (including phenoxy) is 2. The van der Waals surface area contributed by atoms with E-state index < -0.39 is 29.1 Å². The normalized spacial score (nSPS) is 15.1. The van der Waals surface area contributed by atoms with E-state index in [0.29, 0.717) is 49.0 Å². The quantitative estimate of drug-likeness (QED) is 0.150. The molecule has 0 radical (unpaired) electrons. The van der Waals surface area contributed by atoms with Crippen LogP contribution in [0.4, 0.5) is 22.0 Å². The molecule has 0 amide bonds. The molecule has 3 aromatic rings. The summed E-state index contributed by atoms with van der Waals surface area (Å²) in [5.74, 6) is -4.59. The highest BCUT2D eigenvalue weighted by Crippen LogP contribution is 2.39. The van der Waals surface area contributed by atoms with E-state index in [1.165, 1.54) is 24.3 Å². The van der Waals surface area contributed by atoms with E-state index in [9.17, 15) is 17.6 Å². The highest BCUT2D eigenvalue weighted by molar-refractivity contribution is 5.67. The van der Waals surface area contributed by atoms with Crippen molar-refractivity contribution in [2.24, 2.45) is 0 Å². The fraction of sp³-hybridized carbons (Fsp3) is 0.412. The highest BCUT2D eigenvalue weighted by atomic mass is 19.2. The van der Waals surface area contributed by atoms with Gasteiger partial charge in [-0.3, -0.25) is 0 Å². The third kappa shape index (κ3) is 7.49. The van der Waals surface area contributed by atoms with E-state index in [4.69, 9.17) is 9.47 Å². The maximum absolute atomic E-state index is 15.1. The minimum Gasteiger partial charge on any atom is -0.491 e. The lowest BCUT2D eigenvalue weighted by Crippen LogP contribution is -2.09. The van der Waals surface area contributed by atoms with E-state index >= 15 is 4.39 Å². The molecule has 0 fully saturated rings. The number of benzene rings is 3. The van der Waals surface area contributed by atoms with Gasteiger partial charge in [0.1, 0.15) is 5.82 Å². The Balaban J connectivity index is 1.36. The molecule has 2 nitrogen and oxygen atoms in total. The monoisotopic (exact) mass is 572 g/mol. The van der Waals surface area contributed by atoms with Crippen molar-refractivity contribution in [2.75, 3.05) is 13.2 Å². The molecule has 7 heteroatoms. The van der Waals surface area contributed by atoms with Crippen LogP contribution in [-0.4, -0.2) is 13.2 Å². The molecule has 0 saturated carbocycles. The minimum absolute atomic E-state index is 0.0865. The van der Waals surface area contributed by atoms with Crippen LogP contribution in [0.1, 0.15) is 87.0 Å². The standard InChI is InChI=1S/C34H37F5O2/c1-3-5-6-7-20-41-30-18-15-25(31(36)33(30)38)10-8-22-9-16-26(28(35)21-22)23-11-13-24(14-12-23)27-17-19-29(40-4-2)34(39)32(27)37/h9,11,15-19,21,24H,3-8,10,12-14,20H2,1-2H3. The average molecular weight is 573 g/mol. The fourth-order valence-corrected chi connectivity index (χ4v) is 5.33. The Morgan fingerprint density at radius 2 is 1.51 bits per heavy atom. The maximum Gasteiger partial charge on any atom is 0.200 e. The average Bonchev–Trinajstić information content (AvgIpc) is 2.97. The molecule has 0 heterocycles. The molecule has 1 unspecified atom stereocenters. The second kappa shape index (κ2) is 14.5. The Bertz CT molecular complexity index is 1370. The molecule has 0 N–H and O–H groups in total. The van der Waals surface area contributed by atoms with Crippen molar-refractivity contribution >= 4 is 5.57 Å². The van der Waals surface area contributed by atoms with Crippen LogP contribution in [0.25, 0.3) is 5.57 Å². The van der Waals surface area contributed by atoms with Crippen LogP contribution in [-0.2, 0) is 12.8 Å². The van der Waals surface area contributed by atoms with Crippen LogP contribution in [0.2, 0.25) is 0 Å². The van der Waals surface area contributed by atoms with Gasteiger partial charge in [0.25, 0.3) is 0 Å². The second-order valence-electron chi connectivity index (χ2n) is 10.5. The lowest BCUT2D eigenvalue weighted by molar-refractivity contribution is 0.284. The third-order valence-electron chi connectivity index (χ3n) is 7.67. The van der Waals surface area contributed by atoms with Crippen LogP contribution >= 0.6 is 0 Å². The number of allylic oxidation sites excluding steroid dienone is 2. The van der Waals surface area contributed by atoms with Gasteiger partial charge < -0.3 is 9.47 Å². The molecule has 4 rings (SSSR count). The van der Waals surface area contributed by atoms with Gasteiger partial charge in [-0.25, -0.2) is 13.2 Å². The van der Waals surface area contributed by atoms with Crippen molar-refractivity contribution in [3.05, 3.63) is 99.9 Å². The molecular weight excluding hydrogens is 535 g/mol. The molecule has 3 aromatic carbocycles. The van der Waals surface area contributed by atoms with Crippen molar-refractivity contribution in [1.82, 2.24) is 0 Å². The smallest absolute Gasteiger partial charge is 0.200 e. The summed E-state index contributed by atoms with van der Waals surface area (Å²) in [6, 6.07) is 10.9. The fourth-order valence-electron chi connectivity index (χ4n) is 5.33. The molecule has 41 heavy (non-hydrogen) atoms. The Morgan fingerprint density at radius 3 is 2.22 bits per heavy atom. The number of rotatable bonds is 13. The first-order valence-corrected chi connectivity index (χ1v) is 14.5. The minimum atomic E-state index is -0.991. The number of hydrogen-bond acceptors (Lipinski definition) is 2. The third-order valence-corrected chi connectivity index (χ3v) is 7.67. The SMILES string of the molecule is CCCCCCOc1ccc(CCc2ccc(C3=CCC(c4ccc(OCC)c(F)c4F)CC3)c(F)c2)c(F)c1F. The second-order valence-corrected chi connectivity index (χ2v) is 10.5. The van der Waals surface area contributed by atoms with Gasteiger partial charge in [0.2, 0.25) is 11.6 Å². The highest BCUT2D eigenvalue weighted by Gasteiger charge is 2.24. The first-order chi connectivity index (χ1) is 19.8. The van der Waals surface area contributed by atoms with Crippen molar-refractivity contribution in [3.63, 3.8) is 0 Å². The topological polar surface area (TPSA) is 18.5 Å². The van der Waals surface area contributed by atoms with Crippen LogP contribution in [0.15, 0.2) is 48.5 Å². The molecule has 0 spiro atoms. The molecule has 0 bridgehead atoms. The lowest BCUT2D eigenvalue weighted by Gasteiger charge is -2.24. The first kappa shape index (κ1) is 30.6. The van der Waals surface area contributed by atoms with E-state index in [0.717, 1.165) is 31.3 Å². The summed E-state index contributed by atoms with van der Waals surface area (Å²) in [4.78, 5) is 0. The van der Waals surface area contributed by atoms with Crippen LogP contribution in [0, 0.1) is 29.1 Å². The summed E-state index contributed by atoms with van der Waals surface area (Å²) in [5, 5.41) is 0.